The van der Waals surface area contributed by atoms with E-state index in [1.54, 1.807) is 56.4 Å². The molecule has 0 saturated carbocycles. The second-order valence-corrected chi connectivity index (χ2v) is 7.14. The van der Waals surface area contributed by atoms with Crippen LogP contribution in [0.1, 0.15) is 17.3 Å². The summed E-state index contributed by atoms with van der Waals surface area (Å²) in [6.45, 7) is 5.40. The molecular weight excluding hydrogens is 326 g/mol. The molecule has 0 spiro atoms. The van der Waals surface area contributed by atoms with E-state index in [0.717, 1.165) is 11.3 Å². The molecule has 0 aliphatic rings. The highest BCUT2D eigenvalue weighted by Gasteiger charge is 2.16. The number of sulfonamides is 1. The van der Waals surface area contributed by atoms with Crippen LogP contribution in [-0.2, 0) is 10.0 Å². The predicted molar refractivity (Wildman–Crippen MR) is 91.2 cm³/mol. The fraction of sp³-hybridized carbons (Fsp3) is 0.176. The molecule has 0 unspecified atom stereocenters. The first-order chi connectivity index (χ1) is 11.3. The second kappa shape index (κ2) is 6.09. The number of oxazole rings is 1. The first kappa shape index (κ1) is 16.2. The number of aryl methyl sites for hydroxylation is 3. The Morgan fingerprint density at radius 2 is 1.75 bits per heavy atom. The highest BCUT2D eigenvalue weighted by atomic mass is 32.2. The standard InChI is InChI=1S/C17H17N3O3S/c1-11-10-15(8-9-18-11)20-24(21,22)16-6-4-14(5-7-16)17-12(2)23-13(3)19-17/h4-10H,1-3H3,(H,18,20). The third kappa shape index (κ3) is 3.30. The van der Waals surface area contributed by atoms with Crippen molar-refractivity contribution in [3.05, 3.63) is 59.9 Å². The van der Waals surface area contributed by atoms with Crippen LogP contribution >= 0.6 is 0 Å². The molecule has 24 heavy (non-hydrogen) atoms. The van der Waals surface area contributed by atoms with Crippen LogP contribution < -0.4 is 4.72 Å². The smallest absolute Gasteiger partial charge is 0.261 e. The van der Waals surface area contributed by atoms with Crippen molar-refractivity contribution in [2.45, 2.75) is 25.7 Å². The molecule has 1 N–H and O–H groups in total. The van der Waals surface area contributed by atoms with Gasteiger partial charge >= 0.3 is 0 Å². The largest absolute Gasteiger partial charge is 0.446 e. The SMILES string of the molecule is Cc1cc(NS(=O)(=O)c2ccc(-c3nc(C)oc3C)cc2)ccn1. The number of anilines is 1. The van der Waals surface area contributed by atoms with Gasteiger partial charge in [0, 0.05) is 24.4 Å². The van der Waals surface area contributed by atoms with E-state index in [2.05, 4.69) is 14.7 Å². The minimum Gasteiger partial charge on any atom is -0.446 e. The zero-order valence-corrected chi connectivity index (χ0v) is 14.4. The molecule has 3 aromatic rings. The van der Waals surface area contributed by atoms with Crippen LogP contribution in [0.2, 0.25) is 0 Å². The number of hydrogen-bond acceptors (Lipinski definition) is 5. The molecule has 0 saturated heterocycles. The minimum absolute atomic E-state index is 0.179. The maximum Gasteiger partial charge on any atom is 0.261 e. The Bertz CT molecular complexity index is 977. The lowest BCUT2D eigenvalue weighted by molar-refractivity contribution is 0.495. The molecule has 2 aromatic heterocycles. The van der Waals surface area contributed by atoms with Crippen molar-refractivity contribution in [3.63, 3.8) is 0 Å². The maximum atomic E-state index is 12.5. The molecule has 124 valence electrons. The average Bonchev–Trinajstić information content (AvgIpc) is 2.85. The Balaban J connectivity index is 1.88. The summed E-state index contributed by atoms with van der Waals surface area (Å²) in [5, 5.41) is 0. The normalized spacial score (nSPS) is 11.5. The Hall–Kier alpha value is -2.67. The summed E-state index contributed by atoms with van der Waals surface area (Å²) in [4.78, 5) is 8.54. The van der Waals surface area contributed by atoms with Gasteiger partial charge in [0.1, 0.15) is 11.5 Å². The lowest BCUT2D eigenvalue weighted by atomic mass is 10.1. The maximum absolute atomic E-state index is 12.5. The molecular formula is C17H17N3O3S. The van der Waals surface area contributed by atoms with Gasteiger partial charge in [-0.05, 0) is 38.1 Å². The topological polar surface area (TPSA) is 85.1 Å². The highest BCUT2D eigenvalue weighted by Crippen LogP contribution is 2.25. The quantitative estimate of drug-likeness (QED) is 0.784. The van der Waals surface area contributed by atoms with Gasteiger partial charge in [-0.1, -0.05) is 12.1 Å². The molecule has 3 rings (SSSR count). The van der Waals surface area contributed by atoms with Gasteiger partial charge in [-0.15, -0.1) is 0 Å². The van der Waals surface area contributed by atoms with Crippen molar-refractivity contribution in [2.75, 3.05) is 4.72 Å². The summed E-state index contributed by atoms with van der Waals surface area (Å²) in [6, 6.07) is 9.82. The fourth-order valence-electron chi connectivity index (χ4n) is 2.41. The van der Waals surface area contributed by atoms with Gasteiger partial charge < -0.3 is 4.42 Å². The van der Waals surface area contributed by atoms with Crippen LogP contribution in [0.4, 0.5) is 5.69 Å². The van der Waals surface area contributed by atoms with Gasteiger partial charge in [0.2, 0.25) is 0 Å². The van der Waals surface area contributed by atoms with Gasteiger partial charge in [-0.25, -0.2) is 13.4 Å². The molecule has 0 aliphatic carbocycles. The van der Waals surface area contributed by atoms with Crippen molar-refractivity contribution in [1.29, 1.82) is 0 Å². The van der Waals surface area contributed by atoms with Gasteiger partial charge in [0.15, 0.2) is 5.89 Å². The van der Waals surface area contributed by atoms with E-state index in [0.29, 0.717) is 23.0 Å². The van der Waals surface area contributed by atoms with E-state index in [9.17, 15) is 8.42 Å². The molecule has 6 nitrogen and oxygen atoms in total. The zero-order valence-electron chi connectivity index (χ0n) is 13.6. The molecule has 2 heterocycles. The second-order valence-electron chi connectivity index (χ2n) is 5.45. The Kier molecular flexibility index (Phi) is 4.11. The van der Waals surface area contributed by atoms with Gasteiger partial charge in [0.05, 0.1) is 10.6 Å². The number of benzene rings is 1. The van der Waals surface area contributed by atoms with Gasteiger partial charge in [0.25, 0.3) is 10.0 Å². The molecule has 0 aliphatic heterocycles. The summed E-state index contributed by atoms with van der Waals surface area (Å²) in [5.74, 6) is 1.28. The van der Waals surface area contributed by atoms with Crippen molar-refractivity contribution >= 4 is 15.7 Å². The molecule has 0 bridgehead atoms. The highest BCUT2D eigenvalue weighted by molar-refractivity contribution is 7.92. The summed E-state index contributed by atoms with van der Waals surface area (Å²) < 4.78 is 32.9. The van der Waals surface area contributed by atoms with Crippen molar-refractivity contribution in [2.24, 2.45) is 0 Å². The average molecular weight is 343 g/mol. The Morgan fingerprint density at radius 3 is 2.33 bits per heavy atom. The van der Waals surface area contributed by atoms with E-state index in [4.69, 9.17) is 4.42 Å². The minimum atomic E-state index is -3.66. The number of pyridine rings is 1. The van der Waals surface area contributed by atoms with Crippen LogP contribution in [0, 0.1) is 20.8 Å². The first-order valence-corrected chi connectivity index (χ1v) is 8.83. The zero-order chi connectivity index (χ0) is 17.3. The van der Waals surface area contributed by atoms with E-state index in [1.165, 1.54) is 0 Å². The number of nitrogens with zero attached hydrogens (tertiary/aromatic N) is 2. The van der Waals surface area contributed by atoms with E-state index in [-0.39, 0.29) is 4.90 Å². The van der Waals surface area contributed by atoms with Gasteiger partial charge in [-0.3, -0.25) is 9.71 Å². The number of nitrogens with one attached hydrogen (secondary N) is 1. The van der Waals surface area contributed by atoms with Crippen LogP contribution in [0.25, 0.3) is 11.3 Å². The van der Waals surface area contributed by atoms with E-state index < -0.39 is 10.0 Å². The third-order valence-electron chi connectivity index (χ3n) is 3.49. The molecule has 0 atom stereocenters. The number of hydrogen-bond donors (Lipinski definition) is 1. The molecule has 0 amide bonds. The van der Waals surface area contributed by atoms with Crippen LogP contribution in [0.5, 0.6) is 0 Å². The van der Waals surface area contributed by atoms with Crippen LogP contribution in [0.15, 0.2) is 51.9 Å². The lowest BCUT2D eigenvalue weighted by Gasteiger charge is -2.09. The Morgan fingerprint density at radius 1 is 1.04 bits per heavy atom. The first-order valence-electron chi connectivity index (χ1n) is 7.35. The molecule has 0 fully saturated rings. The van der Waals surface area contributed by atoms with Crippen LogP contribution in [-0.4, -0.2) is 18.4 Å². The fourth-order valence-corrected chi connectivity index (χ4v) is 3.46. The van der Waals surface area contributed by atoms with Crippen molar-refractivity contribution in [1.82, 2.24) is 9.97 Å². The number of aromatic nitrogens is 2. The third-order valence-corrected chi connectivity index (χ3v) is 4.89. The Labute approximate surface area is 140 Å². The van der Waals surface area contributed by atoms with Crippen LogP contribution in [0.3, 0.4) is 0 Å². The van der Waals surface area contributed by atoms with Gasteiger partial charge in [-0.2, -0.15) is 0 Å². The monoisotopic (exact) mass is 343 g/mol. The van der Waals surface area contributed by atoms with Crippen molar-refractivity contribution in [3.8, 4) is 11.3 Å². The summed E-state index contributed by atoms with van der Waals surface area (Å²) in [6.07, 6.45) is 1.56. The number of rotatable bonds is 4. The summed E-state index contributed by atoms with van der Waals surface area (Å²) in [7, 11) is -3.66. The summed E-state index contributed by atoms with van der Waals surface area (Å²) >= 11 is 0. The van der Waals surface area contributed by atoms with Crippen molar-refractivity contribution < 1.29 is 12.8 Å². The molecule has 7 heteroatoms. The van der Waals surface area contributed by atoms with E-state index >= 15 is 0 Å². The predicted octanol–water partition coefficient (Wildman–Crippen LogP) is 3.46. The lowest BCUT2D eigenvalue weighted by Crippen LogP contribution is -2.13. The molecule has 1 aromatic carbocycles. The summed E-state index contributed by atoms with van der Waals surface area (Å²) in [5.41, 5.74) is 2.74. The molecule has 0 radical (unpaired) electrons. The van der Waals surface area contributed by atoms with E-state index in [1.807, 2.05) is 6.92 Å².